The Bertz CT molecular complexity index is 454. The van der Waals surface area contributed by atoms with Crippen molar-refractivity contribution >= 4 is 5.69 Å². The quantitative estimate of drug-likeness (QED) is 0.759. The highest BCUT2D eigenvalue weighted by atomic mass is 19.1. The Morgan fingerprint density at radius 2 is 2.00 bits per heavy atom. The summed E-state index contributed by atoms with van der Waals surface area (Å²) in [6.45, 7) is 0. The molecule has 1 heterocycles. The summed E-state index contributed by atoms with van der Waals surface area (Å²) >= 11 is 0. The largest absolute Gasteiger partial charge is 0.396 e. The molecule has 2 rings (SSSR count). The second-order valence-electron chi connectivity index (χ2n) is 3.31. The van der Waals surface area contributed by atoms with Gasteiger partial charge in [-0.15, -0.1) is 0 Å². The van der Waals surface area contributed by atoms with E-state index >= 15 is 0 Å². The number of nitrogen functional groups attached to an aromatic ring is 1. The summed E-state index contributed by atoms with van der Waals surface area (Å²) in [5.41, 5.74) is 7.49. The van der Waals surface area contributed by atoms with Gasteiger partial charge in [0.25, 0.3) is 0 Å². The van der Waals surface area contributed by atoms with Gasteiger partial charge in [-0.1, -0.05) is 18.2 Å². The Hall–Kier alpha value is -1.90. The van der Waals surface area contributed by atoms with Crippen LogP contribution in [0.4, 0.5) is 10.1 Å². The van der Waals surface area contributed by atoms with E-state index in [1.165, 1.54) is 6.07 Å². The fourth-order valence-electron chi connectivity index (χ4n) is 1.43. The lowest BCUT2D eigenvalue weighted by Crippen LogP contribution is -1.99. The van der Waals surface area contributed by atoms with Gasteiger partial charge in [0, 0.05) is 18.3 Å². The normalized spacial score (nSPS) is 10.2. The van der Waals surface area contributed by atoms with E-state index in [-0.39, 0.29) is 11.5 Å². The molecule has 76 valence electrons. The maximum absolute atomic E-state index is 13.1. The Kier molecular flexibility index (Phi) is 2.63. The summed E-state index contributed by atoms with van der Waals surface area (Å²) in [6.07, 6.45) is 2.27. The molecule has 15 heavy (non-hydrogen) atoms. The number of para-hydroxylation sites is 1. The van der Waals surface area contributed by atoms with Crippen molar-refractivity contribution in [3.63, 3.8) is 0 Å². The third-order valence-electron chi connectivity index (χ3n) is 2.24. The standard InChI is InChI=1S/C12H11FN2/c13-11-6-3-4-9(12(11)14)8-10-5-1-2-7-15-10/h1-7H,8,14H2. The molecule has 3 heteroatoms. The van der Waals surface area contributed by atoms with Crippen molar-refractivity contribution < 1.29 is 4.39 Å². The SMILES string of the molecule is Nc1c(F)cccc1Cc1ccccn1. The zero-order valence-corrected chi connectivity index (χ0v) is 8.15. The smallest absolute Gasteiger partial charge is 0.146 e. The van der Waals surface area contributed by atoms with E-state index in [4.69, 9.17) is 5.73 Å². The third kappa shape index (κ3) is 2.13. The van der Waals surface area contributed by atoms with E-state index in [2.05, 4.69) is 4.98 Å². The summed E-state index contributed by atoms with van der Waals surface area (Å²) in [5, 5.41) is 0. The Balaban J connectivity index is 2.29. The third-order valence-corrected chi connectivity index (χ3v) is 2.24. The minimum atomic E-state index is -0.372. The van der Waals surface area contributed by atoms with Crippen LogP contribution in [0.2, 0.25) is 0 Å². The van der Waals surface area contributed by atoms with Crippen LogP contribution in [0.25, 0.3) is 0 Å². The molecule has 0 atom stereocenters. The van der Waals surface area contributed by atoms with Crippen LogP contribution in [0.1, 0.15) is 11.3 Å². The molecule has 0 saturated carbocycles. The first-order valence-corrected chi connectivity index (χ1v) is 4.70. The number of benzene rings is 1. The van der Waals surface area contributed by atoms with E-state index in [9.17, 15) is 4.39 Å². The lowest BCUT2D eigenvalue weighted by atomic mass is 10.1. The van der Waals surface area contributed by atoms with Crippen molar-refractivity contribution in [2.75, 3.05) is 5.73 Å². The van der Waals surface area contributed by atoms with Crippen LogP contribution in [0.5, 0.6) is 0 Å². The number of nitrogens with zero attached hydrogens (tertiary/aromatic N) is 1. The van der Waals surface area contributed by atoms with Crippen LogP contribution in [-0.4, -0.2) is 4.98 Å². The number of anilines is 1. The van der Waals surface area contributed by atoms with Crippen LogP contribution in [-0.2, 0) is 6.42 Å². The zero-order chi connectivity index (χ0) is 10.7. The second kappa shape index (κ2) is 4.09. The molecule has 2 N–H and O–H groups in total. The molecule has 1 aromatic heterocycles. The molecule has 0 aliphatic carbocycles. The Morgan fingerprint density at radius 1 is 1.13 bits per heavy atom. The van der Waals surface area contributed by atoms with Gasteiger partial charge < -0.3 is 5.73 Å². The van der Waals surface area contributed by atoms with Crippen molar-refractivity contribution in [3.8, 4) is 0 Å². The molecule has 1 aromatic carbocycles. The molecule has 0 saturated heterocycles. The number of nitrogens with two attached hydrogens (primary N) is 1. The monoisotopic (exact) mass is 202 g/mol. The van der Waals surface area contributed by atoms with Gasteiger partial charge in [-0.3, -0.25) is 4.98 Å². The average molecular weight is 202 g/mol. The van der Waals surface area contributed by atoms with Crippen molar-refractivity contribution in [1.29, 1.82) is 0 Å². The minimum absolute atomic E-state index is 0.211. The average Bonchev–Trinajstić information content (AvgIpc) is 2.26. The van der Waals surface area contributed by atoms with Gasteiger partial charge >= 0.3 is 0 Å². The van der Waals surface area contributed by atoms with Gasteiger partial charge in [-0.2, -0.15) is 0 Å². The molecular formula is C12H11FN2. The number of hydrogen-bond acceptors (Lipinski definition) is 2. The van der Waals surface area contributed by atoms with Gasteiger partial charge in [0.05, 0.1) is 5.69 Å². The van der Waals surface area contributed by atoms with E-state index in [0.717, 1.165) is 11.3 Å². The fraction of sp³-hybridized carbons (Fsp3) is 0.0833. The number of pyridine rings is 1. The number of halogens is 1. The van der Waals surface area contributed by atoms with Crippen molar-refractivity contribution in [1.82, 2.24) is 4.98 Å². The number of rotatable bonds is 2. The summed E-state index contributed by atoms with van der Waals surface area (Å²) in [6, 6.07) is 10.5. The summed E-state index contributed by atoms with van der Waals surface area (Å²) in [7, 11) is 0. The Morgan fingerprint density at radius 3 is 2.73 bits per heavy atom. The first-order chi connectivity index (χ1) is 7.27. The topological polar surface area (TPSA) is 38.9 Å². The first kappa shape index (κ1) is 9.65. The van der Waals surface area contributed by atoms with Crippen LogP contribution in [0.3, 0.4) is 0 Å². The van der Waals surface area contributed by atoms with Gasteiger partial charge in [0.2, 0.25) is 0 Å². The van der Waals surface area contributed by atoms with Crippen LogP contribution in [0, 0.1) is 5.82 Å². The molecule has 0 aliphatic rings. The minimum Gasteiger partial charge on any atom is -0.396 e. The van der Waals surface area contributed by atoms with E-state index in [1.807, 2.05) is 24.3 Å². The van der Waals surface area contributed by atoms with Crippen LogP contribution in [0.15, 0.2) is 42.6 Å². The molecular weight excluding hydrogens is 191 g/mol. The molecule has 0 unspecified atom stereocenters. The molecule has 0 spiro atoms. The van der Waals surface area contributed by atoms with E-state index < -0.39 is 0 Å². The van der Waals surface area contributed by atoms with Crippen LogP contribution >= 0.6 is 0 Å². The molecule has 0 radical (unpaired) electrons. The molecule has 2 aromatic rings. The maximum atomic E-state index is 13.1. The lowest BCUT2D eigenvalue weighted by Gasteiger charge is -2.05. The first-order valence-electron chi connectivity index (χ1n) is 4.70. The second-order valence-corrected chi connectivity index (χ2v) is 3.31. The predicted octanol–water partition coefficient (Wildman–Crippen LogP) is 2.39. The van der Waals surface area contributed by atoms with Crippen molar-refractivity contribution in [2.24, 2.45) is 0 Å². The number of hydrogen-bond donors (Lipinski definition) is 1. The van der Waals surface area contributed by atoms with Crippen molar-refractivity contribution in [3.05, 3.63) is 59.7 Å². The highest BCUT2D eigenvalue weighted by molar-refractivity contribution is 5.49. The molecule has 0 amide bonds. The van der Waals surface area contributed by atoms with E-state index in [0.29, 0.717) is 6.42 Å². The molecule has 2 nitrogen and oxygen atoms in total. The molecule has 0 fully saturated rings. The summed E-state index contributed by atoms with van der Waals surface area (Å²) in [4.78, 5) is 4.17. The fourth-order valence-corrected chi connectivity index (χ4v) is 1.43. The van der Waals surface area contributed by atoms with Gasteiger partial charge in [-0.05, 0) is 23.8 Å². The highest BCUT2D eigenvalue weighted by Gasteiger charge is 2.05. The van der Waals surface area contributed by atoms with Gasteiger partial charge in [0.1, 0.15) is 5.82 Å². The Labute approximate surface area is 87.6 Å². The van der Waals surface area contributed by atoms with Crippen LogP contribution < -0.4 is 5.73 Å². The summed E-state index contributed by atoms with van der Waals surface area (Å²) in [5.74, 6) is -0.372. The molecule has 0 aliphatic heterocycles. The number of aromatic nitrogens is 1. The summed E-state index contributed by atoms with van der Waals surface area (Å²) < 4.78 is 13.1. The molecule has 0 bridgehead atoms. The van der Waals surface area contributed by atoms with Gasteiger partial charge in [-0.25, -0.2) is 4.39 Å². The predicted molar refractivity (Wildman–Crippen MR) is 57.9 cm³/mol. The lowest BCUT2D eigenvalue weighted by molar-refractivity contribution is 0.631. The van der Waals surface area contributed by atoms with Gasteiger partial charge in [0.15, 0.2) is 0 Å². The van der Waals surface area contributed by atoms with E-state index in [1.54, 1.807) is 12.3 Å². The maximum Gasteiger partial charge on any atom is 0.146 e. The van der Waals surface area contributed by atoms with Crippen molar-refractivity contribution in [2.45, 2.75) is 6.42 Å². The highest BCUT2D eigenvalue weighted by Crippen LogP contribution is 2.18. The zero-order valence-electron chi connectivity index (χ0n) is 8.15.